The second-order valence-electron chi connectivity index (χ2n) is 5.41. The predicted molar refractivity (Wildman–Crippen MR) is 90.8 cm³/mol. The molecule has 5 nitrogen and oxygen atoms in total. The first-order valence-corrected chi connectivity index (χ1v) is 7.88. The lowest BCUT2D eigenvalue weighted by Gasteiger charge is -2.17. The van der Waals surface area contributed by atoms with Crippen molar-refractivity contribution in [1.29, 1.82) is 0 Å². The van der Waals surface area contributed by atoms with Crippen LogP contribution < -0.4 is 4.74 Å². The average Bonchev–Trinajstić information content (AvgIpc) is 2.62. The molecule has 2 rings (SSSR count). The fourth-order valence-corrected chi connectivity index (χ4v) is 2.11. The summed E-state index contributed by atoms with van der Waals surface area (Å²) in [6.07, 6.45) is 0. The molecule has 0 aliphatic carbocycles. The third-order valence-corrected chi connectivity index (χ3v) is 3.49. The Morgan fingerprint density at radius 1 is 1.04 bits per heavy atom. The summed E-state index contributed by atoms with van der Waals surface area (Å²) < 4.78 is 23.2. The van der Waals surface area contributed by atoms with Crippen LogP contribution in [0.25, 0.3) is 0 Å². The molecule has 132 valence electrons. The molecular formula is C19H20FNO4. The molecule has 2 aromatic rings. The number of esters is 1. The van der Waals surface area contributed by atoms with Crippen LogP contribution >= 0.6 is 0 Å². The summed E-state index contributed by atoms with van der Waals surface area (Å²) >= 11 is 0. The Morgan fingerprint density at radius 2 is 1.68 bits per heavy atom. The summed E-state index contributed by atoms with van der Waals surface area (Å²) in [7, 11) is 1.65. The third kappa shape index (κ3) is 5.60. The highest BCUT2D eigenvalue weighted by Crippen LogP contribution is 2.13. The molecule has 0 heterocycles. The third-order valence-electron chi connectivity index (χ3n) is 3.49. The molecule has 0 fully saturated rings. The molecule has 0 saturated heterocycles. The van der Waals surface area contributed by atoms with Gasteiger partial charge in [-0.3, -0.25) is 4.79 Å². The Bertz CT molecular complexity index is 713. The van der Waals surface area contributed by atoms with E-state index in [1.807, 2.05) is 0 Å². The number of carbonyl (C=O) groups excluding carboxylic acids is 2. The van der Waals surface area contributed by atoms with Crippen LogP contribution in [-0.2, 0) is 16.1 Å². The fourth-order valence-electron chi connectivity index (χ4n) is 2.11. The Labute approximate surface area is 146 Å². The van der Waals surface area contributed by atoms with Crippen molar-refractivity contribution in [2.75, 3.05) is 20.3 Å². The average molecular weight is 345 g/mol. The van der Waals surface area contributed by atoms with E-state index in [1.165, 1.54) is 17.0 Å². The van der Waals surface area contributed by atoms with Crippen LogP contribution in [0.4, 0.5) is 4.39 Å². The van der Waals surface area contributed by atoms with E-state index in [-0.39, 0.29) is 18.3 Å². The van der Waals surface area contributed by atoms with Crippen LogP contribution in [-0.4, -0.2) is 37.0 Å². The van der Waals surface area contributed by atoms with Crippen LogP contribution in [0.15, 0.2) is 48.5 Å². The molecule has 0 radical (unpaired) electrons. The van der Waals surface area contributed by atoms with Crippen LogP contribution in [0.5, 0.6) is 5.75 Å². The van der Waals surface area contributed by atoms with Crippen molar-refractivity contribution in [3.8, 4) is 5.75 Å². The molecule has 6 heteroatoms. The molecule has 0 aliphatic heterocycles. The lowest BCUT2D eigenvalue weighted by Crippen LogP contribution is -2.30. The van der Waals surface area contributed by atoms with E-state index in [0.717, 1.165) is 5.56 Å². The number of halogens is 1. The maximum Gasteiger partial charge on any atom is 0.338 e. The predicted octanol–water partition coefficient (Wildman–Crippen LogP) is 3.04. The van der Waals surface area contributed by atoms with E-state index in [2.05, 4.69) is 0 Å². The van der Waals surface area contributed by atoms with Crippen molar-refractivity contribution in [3.05, 3.63) is 65.5 Å². The van der Waals surface area contributed by atoms with E-state index in [0.29, 0.717) is 24.5 Å². The van der Waals surface area contributed by atoms with Crippen molar-refractivity contribution >= 4 is 11.9 Å². The smallest absolute Gasteiger partial charge is 0.338 e. The molecule has 2 aromatic carbocycles. The van der Waals surface area contributed by atoms with E-state index in [9.17, 15) is 14.0 Å². The fraction of sp³-hybridized carbons (Fsp3) is 0.263. The van der Waals surface area contributed by atoms with Crippen molar-refractivity contribution in [1.82, 2.24) is 4.90 Å². The first-order chi connectivity index (χ1) is 12.0. The van der Waals surface area contributed by atoms with Gasteiger partial charge in [0.2, 0.25) is 0 Å². The van der Waals surface area contributed by atoms with Crippen molar-refractivity contribution < 1.29 is 23.5 Å². The van der Waals surface area contributed by atoms with Gasteiger partial charge in [-0.15, -0.1) is 0 Å². The molecule has 0 unspecified atom stereocenters. The Hall–Kier alpha value is -2.89. The molecule has 0 spiro atoms. The van der Waals surface area contributed by atoms with Crippen molar-refractivity contribution in [2.24, 2.45) is 0 Å². The molecule has 0 aromatic heterocycles. The SMILES string of the molecule is CCOC(=O)c1ccc(OCC(=O)N(C)Cc2ccc(F)cc2)cc1. The summed E-state index contributed by atoms with van der Waals surface area (Å²) in [5.41, 5.74) is 1.25. The van der Waals surface area contributed by atoms with Crippen molar-refractivity contribution in [3.63, 3.8) is 0 Å². The van der Waals surface area contributed by atoms with Gasteiger partial charge < -0.3 is 14.4 Å². The highest BCUT2D eigenvalue weighted by atomic mass is 19.1. The lowest BCUT2D eigenvalue weighted by molar-refractivity contribution is -0.132. The van der Waals surface area contributed by atoms with Crippen LogP contribution in [0.3, 0.4) is 0 Å². The van der Waals surface area contributed by atoms with Crippen LogP contribution in [0.1, 0.15) is 22.8 Å². The Morgan fingerprint density at radius 3 is 2.28 bits per heavy atom. The Balaban J connectivity index is 1.84. The van der Waals surface area contributed by atoms with Gasteiger partial charge in [0.15, 0.2) is 6.61 Å². The largest absolute Gasteiger partial charge is 0.484 e. The summed E-state index contributed by atoms with van der Waals surface area (Å²) in [4.78, 5) is 25.2. The number of carbonyl (C=O) groups is 2. The topological polar surface area (TPSA) is 55.8 Å². The molecule has 0 atom stereocenters. The summed E-state index contributed by atoms with van der Waals surface area (Å²) in [6, 6.07) is 12.4. The first-order valence-electron chi connectivity index (χ1n) is 7.88. The highest BCUT2D eigenvalue weighted by molar-refractivity contribution is 5.89. The minimum atomic E-state index is -0.399. The minimum absolute atomic E-state index is 0.129. The molecule has 25 heavy (non-hydrogen) atoms. The van der Waals surface area contributed by atoms with Gasteiger partial charge in [0.25, 0.3) is 5.91 Å². The zero-order valence-electron chi connectivity index (χ0n) is 14.2. The second-order valence-corrected chi connectivity index (χ2v) is 5.41. The van der Waals surface area contributed by atoms with E-state index >= 15 is 0 Å². The Kier molecular flexibility index (Phi) is 6.51. The highest BCUT2D eigenvalue weighted by Gasteiger charge is 2.11. The zero-order valence-corrected chi connectivity index (χ0v) is 14.2. The standard InChI is InChI=1S/C19H20FNO4/c1-3-24-19(23)15-6-10-17(11-7-15)25-13-18(22)21(2)12-14-4-8-16(20)9-5-14/h4-11H,3,12-13H2,1-2H3. The number of likely N-dealkylation sites (N-methyl/N-ethyl adjacent to an activating group) is 1. The van der Waals surface area contributed by atoms with Crippen LogP contribution in [0, 0.1) is 5.82 Å². The second kappa shape index (κ2) is 8.82. The minimum Gasteiger partial charge on any atom is -0.484 e. The van der Waals surface area contributed by atoms with Gasteiger partial charge in [-0.2, -0.15) is 0 Å². The summed E-state index contributed by atoms with van der Waals surface area (Å²) in [6.45, 7) is 2.29. The van der Waals surface area contributed by atoms with Gasteiger partial charge >= 0.3 is 5.97 Å². The van der Waals surface area contributed by atoms with Gasteiger partial charge in [0.05, 0.1) is 12.2 Å². The van der Waals surface area contributed by atoms with Gasteiger partial charge in [0.1, 0.15) is 11.6 Å². The van der Waals surface area contributed by atoms with E-state index in [4.69, 9.17) is 9.47 Å². The number of nitrogens with zero attached hydrogens (tertiary/aromatic N) is 1. The van der Waals surface area contributed by atoms with Gasteiger partial charge in [-0.05, 0) is 48.9 Å². The zero-order chi connectivity index (χ0) is 18.2. The monoisotopic (exact) mass is 345 g/mol. The molecule has 1 amide bonds. The maximum atomic E-state index is 12.9. The molecule has 0 bridgehead atoms. The summed E-state index contributed by atoms with van der Waals surface area (Å²) in [5, 5.41) is 0. The number of benzene rings is 2. The number of hydrogen-bond donors (Lipinski definition) is 0. The molecule has 0 N–H and O–H groups in total. The van der Waals surface area contributed by atoms with Gasteiger partial charge in [0, 0.05) is 13.6 Å². The number of hydrogen-bond acceptors (Lipinski definition) is 4. The number of rotatable bonds is 7. The van der Waals surface area contributed by atoms with Crippen molar-refractivity contribution in [2.45, 2.75) is 13.5 Å². The number of ether oxygens (including phenoxy) is 2. The van der Waals surface area contributed by atoms with Gasteiger partial charge in [-0.1, -0.05) is 12.1 Å². The normalized spacial score (nSPS) is 10.2. The summed E-state index contributed by atoms with van der Waals surface area (Å²) in [5.74, 6) is -0.438. The lowest BCUT2D eigenvalue weighted by atomic mass is 10.2. The first kappa shape index (κ1) is 18.4. The van der Waals surface area contributed by atoms with E-state index in [1.54, 1.807) is 50.4 Å². The molecule has 0 aliphatic rings. The van der Waals surface area contributed by atoms with Crippen LogP contribution in [0.2, 0.25) is 0 Å². The molecule has 0 saturated carbocycles. The van der Waals surface area contributed by atoms with E-state index < -0.39 is 5.97 Å². The molecular weight excluding hydrogens is 325 g/mol. The quantitative estimate of drug-likeness (QED) is 0.724. The number of amides is 1. The van der Waals surface area contributed by atoms with Gasteiger partial charge in [-0.25, -0.2) is 9.18 Å². The maximum absolute atomic E-state index is 12.9.